The van der Waals surface area contributed by atoms with Crippen molar-refractivity contribution in [1.29, 1.82) is 0 Å². The summed E-state index contributed by atoms with van der Waals surface area (Å²) in [7, 11) is 4.10. The van der Waals surface area contributed by atoms with Crippen molar-refractivity contribution in [3.05, 3.63) is 65.7 Å². The topological polar surface area (TPSA) is 24.5 Å². The molecule has 0 aliphatic carbocycles. The first-order valence-electron chi connectivity index (χ1n) is 7.39. The van der Waals surface area contributed by atoms with E-state index in [0.29, 0.717) is 6.04 Å². The number of rotatable bonds is 3. The number of hydrogen-bond donors (Lipinski definition) is 1. The zero-order chi connectivity index (χ0) is 14.8. The molecule has 1 fully saturated rings. The highest BCUT2D eigenvalue weighted by Crippen LogP contribution is 2.35. The van der Waals surface area contributed by atoms with Crippen LogP contribution in [0.2, 0.25) is 0 Å². The van der Waals surface area contributed by atoms with Crippen LogP contribution in [0.5, 0.6) is 0 Å². The summed E-state index contributed by atoms with van der Waals surface area (Å²) in [5.74, 6) is 0. The fraction of sp³-hybridized carbons (Fsp3) is 0.333. The molecule has 2 aromatic carbocycles. The van der Waals surface area contributed by atoms with Crippen LogP contribution >= 0.6 is 0 Å². The van der Waals surface area contributed by atoms with Crippen molar-refractivity contribution < 1.29 is 4.74 Å². The third-order valence-corrected chi connectivity index (χ3v) is 3.99. The fourth-order valence-corrected chi connectivity index (χ4v) is 2.76. The molecule has 1 heterocycles. The van der Waals surface area contributed by atoms with Crippen LogP contribution in [0.1, 0.15) is 30.4 Å². The normalized spacial score (nSPS) is 25.0. The fourth-order valence-electron chi connectivity index (χ4n) is 2.76. The molecule has 3 rings (SSSR count). The van der Waals surface area contributed by atoms with Crippen LogP contribution in [-0.2, 0) is 4.74 Å². The lowest BCUT2D eigenvalue weighted by Crippen LogP contribution is -2.23. The lowest BCUT2D eigenvalue weighted by molar-refractivity contribution is 0.0363. The molecule has 0 spiro atoms. The van der Waals surface area contributed by atoms with Crippen molar-refractivity contribution in [1.82, 2.24) is 5.32 Å². The number of nitrogens with zero attached hydrogens (tertiary/aromatic N) is 1. The predicted molar refractivity (Wildman–Crippen MR) is 86.4 cm³/mol. The van der Waals surface area contributed by atoms with Gasteiger partial charge < -0.3 is 9.64 Å². The molecule has 0 bridgehead atoms. The van der Waals surface area contributed by atoms with Gasteiger partial charge in [0.05, 0.1) is 0 Å². The van der Waals surface area contributed by atoms with Gasteiger partial charge in [-0.1, -0.05) is 42.5 Å². The van der Waals surface area contributed by atoms with Crippen molar-refractivity contribution >= 4 is 5.69 Å². The molecular formula is C18H22N2O. The van der Waals surface area contributed by atoms with Gasteiger partial charge in [-0.15, -0.1) is 0 Å². The van der Waals surface area contributed by atoms with Gasteiger partial charge in [-0.3, -0.25) is 5.32 Å². The van der Waals surface area contributed by atoms with Gasteiger partial charge in [0.1, 0.15) is 12.3 Å². The van der Waals surface area contributed by atoms with Crippen LogP contribution in [0.15, 0.2) is 54.6 Å². The molecule has 0 amide bonds. The summed E-state index contributed by atoms with van der Waals surface area (Å²) in [6.45, 7) is 2.17. The Morgan fingerprint density at radius 3 is 2.19 bits per heavy atom. The number of nitrogens with one attached hydrogen (secondary N) is 1. The van der Waals surface area contributed by atoms with Crippen LogP contribution in [0, 0.1) is 0 Å². The molecule has 3 nitrogen and oxygen atoms in total. The lowest BCUT2D eigenvalue weighted by Gasteiger charge is -2.16. The van der Waals surface area contributed by atoms with Crippen LogP contribution in [0.4, 0.5) is 5.69 Å². The van der Waals surface area contributed by atoms with E-state index in [1.165, 1.54) is 16.8 Å². The molecular weight excluding hydrogens is 260 g/mol. The van der Waals surface area contributed by atoms with E-state index in [1.807, 2.05) is 20.2 Å². The average molecular weight is 282 g/mol. The highest BCUT2D eigenvalue weighted by molar-refractivity contribution is 5.46. The first-order chi connectivity index (χ1) is 10.1. The van der Waals surface area contributed by atoms with Crippen molar-refractivity contribution in [2.45, 2.75) is 25.3 Å². The van der Waals surface area contributed by atoms with Crippen LogP contribution in [0.3, 0.4) is 0 Å². The standard InChI is InChI=1S/C18H22N2O/c1-13-17(14-7-5-4-6-8-14)21-18(19-13)15-9-11-16(12-10-15)20(2)3/h4-13,17-19H,1-3H3/t13-,17+,18+/m1/s1. The van der Waals surface area contributed by atoms with Gasteiger partial charge >= 0.3 is 0 Å². The van der Waals surface area contributed by atoms with Gasteiger partial charge in [0.2, 0.25) is 0 Å². The van der Waals surface area contributed by atoms with Gasteiger partial charge in [0.15, 0.2) is 0 Å². The number of anilines is 1. The first-order valence-corrected chi connectivity index (χ1v) is 7.39. The second-order valence-electron chi connectivity index (χ2n) is 5.79. The minimum atomic E-state index is -0.0404. The largest absolute Gasteiger partial charge is 0.378 e. The van der Waals surface area contributed by atoms with Crippen LogP contribution in [-0.4, -0.2) is 20.1 Å². The average Bonchev–Trinajstić information content (AvgIpc) is 2.90. The van der Waals surface area contributed by atoms with E-state index in [9.17, 15) is 0 Å². The monoisotopic (exact) mass is 282 g/mol. The maximum Gasteiger partial charge on any atom is 0.135 e. The molecule has 1 aliphatic heterocycles. The predicted octanol–water partition coefficient (Wildman–Crippen LogP) is 3.50. The van der Waals surface area contributed by atoms with Gasteiger partial charge in [0.25, 0.3) is 0 Å². The minimum absolute atomic E-state index is 0.0404. The van der Waals surface area contributed by atoms with E-state index < -0.39 is 0 Å². The van der Waals surface area contributed by atoms with E-state index in [-0.39, 0.29) is 12.3 Å². The second kappa shape index (κ2) is 5.88. The third kappa shape index (κ3) is 2.94. The number of hydrogen-bond acceptors (Lipinski definition) is 3. The Bertz CT molecular complexity index is 580. The summed E-state index contributed by atoms with van der Waals surface area (Å²) in [6.07, 6.45) is 0.0612. The van der Waals surface area contributed by atoms with E-state index in [1.54, 1.807) is 0 Å². The maximum atomic E-state index is 6.22. The molecule has 0 radical (unpaired) electrons. The molecule has 0 aromatic heterocycles. The molecule has 1 saturated heterocycles. The molecule has 3 heteroatoms. The summed E-state index contributed by atoms with van der Waals surface area (Å²) in [5.41, 5.74) is 3.60. The zero-order valence-corrected chi connectivity index (χ0v) is 12.8. The summed E-state index contributed by atoms with van der Waals surface area (Å²) >= 11 is 0. The molecule has 0 unspecified atom stereocenters. The van der Waals surface area contributed by atoms with Crippen LogP contribution in [0.25, 0.3) is 0 Å². The van der Waals surface area contributed by atoms with Gasteiger partial charge in [0, 0.05) is 25.8 Å². The van der Waals surface area contributed by atoms with Crippen molar-refractivity contribution in [2.75, 3.05) is 19.0 Å². The quantitative estimate of drug-likeness (QED) is 0.932. The van der Waals surface area contributed by atoms with E-state index in [2.05, 4.69) is 65.7 Å². The van der Waals surface area contributed by atoms with Crippen molar-refractivity contribution in [3.63, 3.8) is 0 Å². The Balaban J connectivity index is 1.76. The molecule has 1 N–H and O–H groups in total. The van der Waals surface area contributed by atoms with E-state index >= 15 is 0 Å². The lowest BCUT2D eigenvalue weighted by atomic mass is 10.0. The van der Waals surface area contributed by atoms with E-state index in [0.717, 1.165) is 0 Å². The zero-order valence-electron chi connectivity index (χ0n) is 12.8. The molecule has 110 valence electrons. The summed E-state index contributed by atoms with van der Waals surface area (Å²) in [5, 5.41) is 3.53. The van der Waals surface area contributed by atoms with Gasteiger partial charge in [-0.2, -0.15) is 0 Å². The van der Waals surface area contributed by atoms with Crippen molar-refractivity contribution in [2.24, 2.45) is 0 Å². The van der Waals surface area contributed by atoms with Gasteiger partial charge in [-0.25, -0.2) is 0 Å². The molecule has 1 aliphatic rings. The van der Waals surface area contributed by atoms with Crippen LogP contribution < -0.4 is 10.2 Å². The Kier molecular flexibility index (Phi) is 3.95. The Morgan fingerprint density at radius 1 is 0.905 bits per heavy atom. The summed E-state index contributed by atoms with van der Waals surface area (Å²) in [6, 6.07) is 19.2. The molecule has 0 saturated carbocycles. The van der Waals surface area contributed by atoms with Gasteiger partial charge in [-0.05, 0) is 30.2 Å². The molecule has 2 aromatic rings. The third-order valence-electron chi connectivity index (χ3n) is 3.99. The van der Waals surface area contributed by atoms with Crippen molar-refractivity contribution in [3.8, 4) is 0 Å². The second-order valence-corrected chi connectivity index (χ2v) is 5.79. The molecule has 3 atom stereocenters. The summed E-state index contributed by atoms with van der Waals surface area (Å²) < 4.78 is 6.22. The minimum Gasteiger partial charge on any atom is -0.378 e. The maximum absolute atomic E-state index is 6.22. The Morgan fingerprint density at radius 2 is 1.57 bits per heavy atom. The number of ether oxygens (including phenoxy) is 1. The highest BCUT2D eigenvalue weighted by atomic mass is 16.5. The Hall–Kier alpha value is -1.84. The van der Waals surface area contributed by atoms with E-state index in [4.69, 9.17) is 4.74 Å². The highest BCUT2D eigenvalue weighted by Gasteiger charge is 2.33. The number of benzene rings is 2. The SMILES string of the molecule is C[C@H]1N[C@H](c2ccc(N(C)C)cc2)O[C@@H]1c1ccccc1. The first kappa shape index (κ1) is 14.1. The summed E-state index contributed by atoms with van der Waals surface area (Å²) in [4.78, 5) is 2.10. The molecule has 21 heavy (non-hydrogen) atoms. The smallest absolute Gasteiger partial charge is 0.135 e. The Labute approximate surface area is 126 Å².